The van der Waals surface area contributed by atoms with E-state index in [9.17, 15) is 8.78 Å². The topological polar surface area (TPSA) is 35.2 Å². The molecule has 2 aromatic rings. The Bertz CT molecular complexity index is 660. The van der Waals surface area contributed by atoms with E-state index in [4.69, 9.17) is 10.5 Å². The van der Waals surface area contributed by atoms with E-state index >= 15 is 0 Å². The first-order valence-corrected chi connectivity index (χ1v) is 6.71. The average Bonchev–Trinajstić information content (AvgIpc) is 2.41. The predicted octanol–water partition coefficient (Wildman–Crippen LogP) is 3.95. The maximum atomic E-state index is 14.0. The second kappa shape index (κ2) is 5.82. The summed E-state index contributed by atoms with van der Waals surface area (Å²) in [5, 5.41) is 0. The molecule has 0 spiro atoms. The molecule has 0 saturated carbocycles. The van der Waals surface area contributed by atoms with Crippen molar-refractivity contribution in [3.05, 3.63) is 63.7 Å². The van der Waals surface area contributed by atoms with Crippen molar-refractivity contribution in [2.45, 2.75) is 26.8 Å². The van der Waals surface area contributed by atoms with Crippen molar-refractivity contribution in [2.24, 2.45) is 5.73 Å². The van der Waals surface area contributed by atoms with E-state index in [1.807, 2.05) is 26.0 Å². The van der Waals surface area contributed by atoms with Crippen LogP contribution < -0.4 is 10.5 Å². The summed E-state index contributed by atoms with van der Waals surface area (Å²) in [6.45, 7) is 5.41. The summed E-state index contributed by atoms with van der Waals surface area (Å²) in [4.78, 5) is 0. The molecule has 2 N–H and O–H groups in total. The molecule has 21 heavy (non-hydrogen) atoms. The molecule has 0 saturated heterocycles. The molecule has 0 bridgehead atoms. The van der Waals surface area contributed by atoms with Crippen molar-refractivity contribution in [3.63, 3.8) is 0 Å². The largest absolute Gasteiger partial charge is 0.496 e. The fraction of sp³-hybridized carbons (Fsp3) is 0.294. The minimum absolute atomic E-state index is 0.290. The van der Waals surface area contributed by atoms with Crippen LogP contribution >= 0.6 is 0 Å². The highest BCUT2D eigenvalue weighted by atomic mass is 19.1. The third kappa shape index (κ3) is 2.90. The summed E-state index contributed by atoms with van der Waals surface area (Å²) in [7, 11) is 1.61. The molecule has 0 amide bonds. The number of rotatable bonds is 3. The maximum absolute atomic E-state index is 14.0. The molecule has 0 aromatic heterocycles. The predicted molar refractivity (Wildman–Crippen MR) is 79.6 cm³/mol. The van der Waals surface area contributed by atoms with Gasteiger partial charge in [-0.3, -0.25) is 0 Å². The molecular formula is C17H19F2NO. The van der Waals surface area contributed by atoms with Crippen LogP contribution in [0.25, 0.3) is 0 Å². The summed E-state index contributed by atoms with van der Waals surface area (Å²) in [5.74, 6) is -0.399. The Labute approximate surface area is 123 Å². The van der Waals surface area contributed by atoms with E-state index in [0.717, 1.165) is 28.5 Å². The average molecular weight is 291 g/mol. The Balaban J connectivity index is 2.50. The third-order valence-corrected chi connectivity index (χ3v) is 3.66. The normalized spacial score (nSPS) is 12.3. The highest BCUT2D eigenvalue weighted by Crippen LogP contribution is 2.30. The number of ether oxygens (including phenoxy) is 1. The highest BCUT2D eigenvalue weighted by Gasteiger charge is 2.18. The van der Waals surface area contributed by atoms with Gasteiger partial charge in [-0.15, -0.1) is 0 Å². The van der Waals surface area contributed by atoms with Gasteiger partial charge in [-0.1, -0.05) is 12.1 Å². The number of benzene rings is 2. The lowest BCUT2D eigenvalue weighted by molar-refractivity contribution is 0.408. The molecule has 0 heterocycles. The number of methoxy groups -OCH3 is 1. The maximum Gasteiger partial charge on any atom is 0.131 e. The van der Waals surface area contributed by atoms with E-state index in [-0.39, 0.29) is 5.56 Å². The Kier molecular flexibility index (Phi) is 4.28. The van der Waals surface area contributed by atoms with Crippen LogP contribution in [0.1, 0.15) is 33.9 Å². The van der Waals surface area contributed by atoms with Crippen LogP contribution in [-0.2, 0) is 0 Å². The second-order valence-corrected chi connectivity index (χ2v) is 5.29. The number of hydrogen-bond acceptors (Lipinski definition) is 2. The van der Waals surface area contributed by atoms with Crippen LogP contribution in [0, 0.1) is 32.4 Å². The van der Waals surface area contributed by atoms with Gasteiger partial charge in [0.2, 0.25) is 0 Å². The van der Waals surface area contributed by atoms with E-state index in [1.165, 1.54) is 6.07 Å². The fourth-order valence-electron chi connectivity index (χ4n) is 2.58. The fourth-order valence-corrected chi connectivity index (χ4v) is 2.58. The van der Waals surface area contributed by atoms with Crippen LogP contribution in [0.15, 0.2) is 24.3 Å². The zero-order valence-corrected chi connectivity index (χ0v) is 12.6. The molecule has 4 heteroatoms. The van der Waals surface area contributed by atoms with Gasteiger partial charge < -0.3 is 10.5 Å². The highest BCUT2D eigenvalue weighted by molar-refractivity contribution is 5.46. The van der Waals surface area contributed by atoms with Crippen LogP contribution in [0.2, 0.25) is 0 Å². The number of nitrogens with two attached hydrogens (primary N) is 1. The quantitative estimate of drug-likeness (QED) is 0.929. The molecule has 112 valence electrons. The van der Waals surface area contributed by atoms with Gasteiger partial charge in [0.15, 0.2) is 0 Å². The standard InChI is InChI=1S/C17H19F2NO/c1-9-7-13(15(19)8-14(9)18)16(20)12-5-10(2)17(21-4)11(3)6-12/h5-8,16H,20H2,1-4H3. The molecule has 0 aliphatic heterocycles. The van der Waals surface area contributed by atoms with Crippen LogP contribution in [0.4, 0.5) is 8.78 Å². The van der Waals surface area contributed by atoms with Crippen molar-refractivity contribution >= 4 is 0 Å². The minimum atomic E-state index is -0.646. The zero-order chi connectivity index (χ0) is 15.7. The second-order valence-electron chi connectivity index (χ2n) is 5.29. The lowest BCUT2D eigenvalue weighted by atomic mass is 9.94. The van der Waals surface area contributed by atoms with Gasteiger partial charge in [0.25, 0.3) is 0 Å². The smallest absolute Gasteiger partial charge is 0.131 e. The molecule has 2 nitrogen and oxygen atoms in total. The van der Waals surface area contributed by atoms with Gasteiger partial charge in [0, 0.05) is 11.6 Å². The molecule has 2 aromatic carbocycles. The van der Waals surface area contributed by atoms with Gasteiger partial charge in [-0.05, 0) is 49.1 Å². The number of halogens is 2. The van der Waals surface area contributed by atoms with Gasteiger partial charge in [0.05, 0.1) is 13.2 Å². The Morgan fingerprint density at radius 2 is 1.48 bits per heavy atom. The zero-order valence-electron chi connectivity index (χ0n) is 12.6. The molecule has 0 fully saturated rings. The van der Waals surface area contributed by atoms with Gasteiger partial charge in [0.1, 0.15) is 17.4 Å². The Morgan fingerprint density at radius 3 is 2.00 bits per heavy atom. The summed E-state index contributed by atoms with van der Waals surface area (Å²) in [5.41, 5.74) is 9.47. The monoisotopic (exact) mass is 291 g/mol. The minimum Gasteiger partial charge on any atom is -0.496 e. The summed E-state index contributed by atoms with van der Waals surface area (Å²) >= 11 is 0. The van der Waals surface area contributed by atoms with Crippen molar-refractivity contribution in [2.75, 3.05) is 7.11 Å². The van der Waals surface area contributed by atoms with Crippen LogP contribution in [0.5, 0.6) is 5.75 Å². The van der Waals surface area contributed by atoms with Gasteiger partial charge in [-0.25, -0.2) is 8.78 Å². The molecule has 0 aliphatic carbocycles. The van der Waals surface area contributed by atoms with Crippen molar-refractivity contribution in [1.82, 2.24) is 0 Å². The first-order chi connectivity index (χ1) is 9.85. The summed E-state index contributed by atoms with van der Waals surface area (Å²) < 4.78 is 32.6. The SMILES string of the molecule is COc1c(C)cc(C(N)c2cc(C)c(F)cc2F)cc1C. The molecule has 0 radical (unpaired) electrons. The van der Waals surface area contributed by atoms with Gasteiger partial charge in [-0.2, -0.15) is 0 Å². The summed E-state index contributed by atoms with van der Waals surface area (Å²) in [6.07, 6.45) is 0. The number of aryl methyl sites for hydroxylation is 3. The molecule has 0 aliphatic rings. The van der Waals surface area contributed by atoms with Crippen LogP contribution in [-0.4, -0.2) is 7.11 Å². The van der Waals surface area contributed by atoms with E-state index < -0.39 is 17.7 Å². The third-order valence-electron chi connectivity index (χ3n) is 3.66. The van der Waals surface area contributed by atoms with Crippen molar-refractivity contribution in [3.8, 4) is 5.75 Å². The molecule has 1 unspecified atom stereocenters. The van der Waals surface area contributed by atoms with E-state index in [1.54, 1.807) is 14.0 Å². The molecule has 2 rings (SSSR count). The first kappa shape index (κ1) is 15.4. The van der Waals surface area contributed by atoms with Crippen molar-refractivity contribution < 1.29 is 13.5 Å². The molecular weight excluding hydrogens is 272 g/mol. The van der Waals surface area contributed by atoms with Crippen molar-refractivity contribution in [1.29, 1.82) is 0 Å². The van der Waals surface area contributed by atoms with E-state index in [0.29, 0.717) is 5.56 Å². The first-order valence-electron chi connectivity index (χ1n) is 6.71. The van der Waals surface area contributed by atoms with Gasteiger partial charge >= 0.3 is 0 Å². The van der Waals surface area contributed by atoms with Crippen LogP contribution in [0.3, 0.4) is 0 Å². The van der Waals surface area contributed by atoms with E-state index in [2.05, 4.69) is 0 Å². The Morgan fingerprint density at radius 1 is 0.905 bits per heavy atom. The lowest BCUT2D eigenvalue weighted by Crippen LogP contribution is -2.15. The molecule has 1 atom stereocenters. The summed E-state index contributed by atoms with van der Waals surface area (Å²) in [6, 6.07) is 5.44. The Hall–Kier alpha value is -1.94. The lowest BCUT2D eigenvalue weighted by Gasteiger charge is -2.18. The number of hydrogen-bond donors (Lipinski definition) is 1.